The summed E-state index contributed by atoms with van der Waals surface area (Å²) in [6.45, 7) is 8.27. The molecule has 0 bridgehead atoms. The van der Waals surface area contributed by atoms with Gasteiger partial charge >= 0.3 is 0 Å². The van der Waals surface area contributed by atoms with Gasteiger partial charge in [-0.05, 0) is 26.8 Å². The minimum absolute atomic E-state index is 0.309. The van der Waals surface area contributed by atoms with Gasteiger partial charge in [0.1, 0.15) is 0 Å². The Balaban J connectivity index is 2.44. The van der Waals surface area contributed by atoms with Crippen LogP contribution < -0.4 is 0 Å². The molecule has 14 heavy (non-hydrogen) atoms. The summed E-state index contributed by atoms with van der Waals surface area (Å²) in [6, 6.07) is 1.23. The fourth-order valence-electron chi connectivity index (χ4n) is 2.09. The van der Waals surface area contributed by atoms with Crippen molar-refractivity contribution < 1.29 is 5.11 Å². The topological polar surface area (TPSA) is 26.7 Å². The number of aliphatic hydroxyl groups is 1. The average molecular weight is 200 g/mol. The SMILES string of the molecule is CCC(C)N1CCN(C)C(CCO)C1. The molecule has 2 atom stereocenters. The van der Waals surface area contributed by atoms with Crippen LogP contribution in [0.3, 0.4) is 0 Å². The van der Waals surface area contributed by atoms with E-state index in [1.807, 2.05) is 0 Å². The molecule has 0 aromatic carbocycles. The van der Waals surface area contributed by atoms with Gasteiger partial charge in [-0.1, -0.05) is 6.92 Å². The fourth-order valence-corrected chi connectivity index (χ4v) is 2.09. The Morgan fingerprint density at radius 2 is 2.14 bits per heavy atom. The van der Waals surface area contributed by atoms with Crippen LogP contribution in [0.25, 0.3) is 0 Å². The molecule has 1 aliphatic heterocycles. The zero-order valence-electron chi connectivity index (χ0n) is 9.74. The molecule has 0 spiro atoms. The third-order valence-corrected chi connectivity index (χ3v) is 3.49. The van der Waals surface area contributed by atoms with E-state index in [0.29, 0.717) is 18.7 Å². The Bertz CT molecular complexity index is 159. The first-order valence-corrected chi connectivity index (χ1v) is 5.74. The Hall–Kier alpha value is -0.120. The van der Waals surface area contributed by atoms with Crippen LogP contribution in [0.5, 0.6) is 0 Å². The Morgan fingerprint density at radius 1 is 1.43 bits per heavy atom. The Kier molecular flexibility index (Phi) is 4.85. The molecule has 0 aromatic rings. The highest BCUT2D eigenvalue weighted by Gasteiger charge is 2.25. The lowest BCUT2D eigenvalue weighted by Crippen LogP contribution is -2.54. The number of nitrogens with zero attached hydrogens (tertiary/aromatic N) is 2. The van der Waals surface area contributed by atoms with Gasteiger partial charge in [-0.3, -0.25) is 4.90 Å². The molecule has 84 valence electrons. The van der Waals surface area contributed by atoms with Gasteiger partial charge < -0.3 is 10.0 Å². The summed E-state index contributed by atoms with van der Waals surface area (Å²) in [5, 5.41) is 8.97. The van der Waals surface area contributed by atoms with Gasteiger partial charge in [0.25, 0.3) is 0 Å². The van der Waals surface area contributed by atoms with Crippen LogP contribution >= 0.6 is 0 Å². The van der Waals surface area contributed by atoms with Crippen LogP contribution in [0.1, 0.15) is 26.7 Å². The van der Waals surface area contributed by atoms with E-state index in [4.69, 9.17) is 5.11 Å². The van der Waals surface area contributed by atoms with Crippen LogP contribution in [0.4, 0.5) is 0 Å². The first-order chi connectivity index (χ1) is 6.69. The molecule has 1 saturated heterocycles. The minimum atomic E-state index is 0.309. The first-order valence-electron chi connectivity index (χ1n) is 5.74. The lowest BCUT2D eigenvalue weighted by molar-refractivity contribution is 0.0555. The number of piperazine rings is 1. The van der Waals surface area contributed by atoms with E-state index in [2.05, 4.69) is 30.7 Å². The van der Waals surface area contributed by atoms with Crippen molar-refractivity contribution in [1.29, 1.82) is 0 Å². The largest absolute Gasteiger partial charge is 0.396 e. The van der Waals surface area contributed by atoms with E-state index >= 15 is 0 Å². The molecule has 0 radical (unpaired) electrons. The summed E-state index contributed by atoms with van der Waals surface area (Å²) in [7, 11) is 2.16. The number of hydrogen-bond donors (Lipinski definition) is 1. The molecule has 1 N–H and O–H groups in total. The molecule has 0 saturated carbocycles. The van der Waals surface area contributed by atoms with Gasteiger partial charge in [0, 0.05) is 38.3 Å². The highest BCUT2D eigenvalue weighted by Crippen LogP contribution is 2.14. The molecular weight excluding hydrogens is 176 g/mol. The zero-order valence-corrected chi connectivity index (χ0v) is 9.74. The number of rotatable bonds is 4. The summed E-state index contributed by atoms with van der Waals surface area (Å²) in [6.07, 6.45) is 2.12. The Labute approximate surface area is 87.7 Å². The predicted molar refractivity (Wildman–Crippen MR) is 59.4 cm³/mol. The second-order valence-electron chi connectivity index (χ2n) is 4.40. The molecule has 3 nitrogen and oxygen atoms in total. The van der Waals surface area contributed by atoms with Crippen molar-refractivity contribution in [2.75, 3.05) is 33.3 Å². The minimum Gasteiger partial charge on any atom is -0.396 e. The first kappa shape index (κ1) is 12.0. The molecule has 1 rings (SSSR count). The summed E-state index contributed by atoms with van der Waals surface area (Å²) in [5.41, 5.74) is 0. The van der Waals surface area contributed by atoms with Crippen molar-refractivity contribution in [3.05, 3.63) is 0 Å². The quantitative estimate of drug-likeness (QED) is 0.726. The summed E-state index contributed by atoms with van der Waals surface area (Å²) in [5.74, 6) is 0. The van der Waals surface area contributed by atoms with E-state index in [9.17, 15) is 0 Å². The third-order valence-electron chi connectivity index (χ3n) is 3.49. The van der Waals surface area contributed by atoms with Gasteiger partial charge in [0.15, 0.2) is 0 Å². The normalized spacial score (nSPS) is 27.9. The van der Waals surface area contributed by atoms with Gasteiger partial charge in [-0.25, -0.2) is 0 Å². The van der Waals surface area contributed by atoms with E-state index < -0.39 is 0 Å². The lowest BCUT2D eigenvalue weighted by Gasteiger charge is -2.42. The molecule has 2 unspecified atom stereocenters. The van der Waals surface area contributed by atoms with Gasteiger partial charge in [-0.2, -0.15) is 0 Å². The molecule has 3 heteroatoms. The maximum absolute atomic E-state index is 8.97. The number of likely N-dealkylation sites (N-methyl/N-ethyl adjacent to an activating group) is 1. The van der Waals surface area contributed by atoms with E-state index in [0.717, 1.165) is 19.5 Å². The smallest absolute Gasteiger partial charge is 0.0446 e. The lowest BCUT2D eigenvalue weighted by atomic mass is 10.1. The fraction of sp³-hybridized carbons (Fsp3) is 1.00. The summed E-state index contributed by atoms with van der Waals surface area (Å²) >= 11 is 0. The van der Waals surface area contributed by atoms with Crippen molar-refractivity contribution in [3.8, 4) is 0 Å². The van der Waals surface area contributed by atoms with Crippen LogP contribution in [0.15, 0.2) is 0 Å². The van der Waals surface area contributed by atoms with Crippen molar-refractivity contribution in [2.45, 2.75) is 38.8 Å². The monoisotopic (exact) mass is 200 g/mol. The molecule has 1 heterocycles. The number of aliphatic hydroxyl groups excluding tert-OH is 1. The molecular formula is C11H24N2O. The highest BCUT2D eigenvalue weighted by molar-refractivity contribution is 4.82. The molecule has 0 aliphatic carbocycles. The standard InChI is InChI=1S/C11H24N2O/c1-4-10(2)13-7-6-12(3)11(9-13)5-8-14/h10-11,14H,4-9H2,1-3H3. The summed E-state index contributed by atoms with van der Waals surface area (Å²) in [4.78, 5) is 4.91. The van der Waals surface area contributed by atoms with Crippen molar-refractivity contribution in [2.24, 2.45) is 0 Å². The van der Waals surface area contributed by atoms with Gasteiger partial charge in [-0.15, -0.1) is 0 Å². The van der Waals surface area contributed by atoms with Crippen molar-refractivity contribution in [1.82, 2.24) is 9.80 Å². The molecule has 1 aliphatic rings. The van der Waals surface area contributed by atoms with Gasteiger partial charge in [0.2, 0.25) is 0 Å². The van der Waals surface area contributed by atoms with Crippen LogP contribution in [-0.2, 0) is 0 Å². The van der Waals surface area contributed by atoms with E-state index in [1.165, 1.54) is 13.0 Å². The maximum atomic E-state index is 8.97. The summed E-state index contributed by atoms with van der Waals surface area (Å²) < 4.78 is 0. The molecule has 1 fully saturated rings. The van der Waals surface area contributed by atoms with Gasteiger partial charge in [0.05, 0.1) is 0 Å². The van der Waals surface area contributed by atoms with Crippen LogP contribution in [0.2, 0.25) is 0 Å². The van der Waals surface area contributed by atoms with E-state index in [1.54, 1.807) is 0 Å². The van der Waals surface area contributed by atoms with Crippen molar-refractivity contribution in [3.63, 3.8) is 0 Å². The average Bonchev–Trinajstić information content (AvgIpc) is 2.20. The number of hydrogen-bond acceptors (Lipinski definition) is 3. The zero-order chi connectivity index (χ0) is 10.6. The third kappa shape index (κ3) is 2.94. The maximum Gasteiger partial charge on any atom is 0.0446 e. The van der Waals surface area contributed by atoms with E-state index in [-0.39, 0.29) is 0 Å². The van der Waals surface area contributed by atoms with Crippen LogP contribution in [-0.4, -0.2) is 60.3 Å². The predicted octanol–water partition coefficient (Wildman–Crippen LogP) is 0.783. The van der Waals surface area contributed by atoms with Crippen molar-refractivity contribution >= 4 is 0 Å². The Morgan fingerprint density at radius 3 is 2.71 bits per heavy atom. The second-order valence-corrected chi connectivity index (χ2v) is 4.40. The molecule has 0 amide bonds. The van der Waals surface area contributed by atoms with Crippen LogP contribution in [0, 0.1) is 0 Å². The second kappa shape index (κ2) is 5.69. The highest BCUT2D eigenvalue weighted by atomic mass is 16.3. The molecule has 0 aromatic heterocycles.